The largest absolute Gasteiger partial charge is 0.368 e. The molecule has 0 bridgehead atoms. The van der Waals surface area contributed by atoms with E-state index in [4.69, 9.17) is 5.73 Å². The second-order valence-electron chi connectivity index (χ2n) is 7.71. The maximum Gasteiger partial charge on any atom is 0.226 e. The van der Waals surface area contributed by atoms with Gasteiger partial charge >= 0.3 is 0 Å². The Labute approximate surface area is 195 Å². The molecule has 0 unspecified atom stereocenters. The maximum absolute atomic E-state index is 5.60. The van der Waals surface area contributed by atoms with Crippen molar-refractivity contribution in [2.75, 3.05) is 54.7 Å². The van der Waals surface area contributed by atoms with Gasteiger partial charge in [-0.1, -0.05) is 6.07 Å². The van der Waals surface area contributed by atoms with E-state index >= 15 is 0 Å². The molecule has 4 rings (SSSR count). The minimum atomic E-state index is 0.331. The number of anilines is 4. The van der Waals surface area contributed by atoms with Crippen LogP contribution < -0.4 is 20.4 Å². The van der Waals surface area contributed by atoms with Gasteiger partial charge in [0.15, 0.2) is 0 Å². The number of nitrogens with one attached hydrogen (secondary N) is 2. The van der Waals surface area contributed by atoms with E-state index in [1.807, 2.05) is 26.0 Å². The highest BCUT2D eigenvalue weighted by Gasteiger charge is 2.13. The number of aromatic nitrogens is 6. The van der Waals surface area contributed by atoms with Gasteiger partial charge in [-0.15, -0.1) is 43.1 Å². The molecular formula is C20H28N10S2. The number of thiophene rings is 2. The summed E-state index contributed by atoms with van der Waals surface area (Å²) < 4.78 is 0. The summed E-state index contributed by atoms with van der Waals surface area (Å²) in [4.78, 5) is 15.1. The average molecular weight is 473 g/mol. The quantitative estimate of drug-likeness (QED) is 0.305. The Balaban J connectivity index is 1.27. The molecule has 0 spiro atoms. The molecule has 0 radical (unpaired) electrons. The van der Waals surface area contributed by atoms with Crippen molar-refractivity contribution >= 4 is 46.5 Å². The van der Waals surface area contributed by atoms with Crippen LogP contribution in [0.15, 0.2) is 29.0 Å². The molecule has 0 amide bonds. The van der Waals surface area contributed by atoms with Gasteiger partial charge in [-0.3, -0.25) is 9.97 Å². The molecule has 0 aromatic carbocycles. The predicted molar refractivity (Wildman–Crippen MR) is 132 cm³/mol. The number of nitrogens with two attached hydrogens (primary N) is 1. The Morgan fingerprint density at radius 1 is 0.844 bits per heavy atom. The molecule has 4 aromatic heterocycles. The van der Waals surface area contributed by atoms with Crippen LogP contribution in [0.3, 0.4) is 0 Å². The van der Waals surface area contributed by atoms with E-state index in [0.29, 0.717) is 11.9 Å². The first-order valence-corrected chi connectivity index (χ1v) is 12.1. The number of hydrogen-bond acceptors (Lipinski definition) is 10. The lowest BCUT2D eigenvalue weighted by molar-refractivity contribution is 0.840. The number of nitrogen functional groups attached to an aromatic ring is 1. The van der Waals surface area contributed by atoms with E-state index in [1.54, 1.807) is 22.7 Å². The first-order chi connectivity index (χ1) is 15.5. The molecule has 0 aliphatic carbocycles. The fraction of sp³-hybridized carbons (Fsp3) is 0.400. The fourth-order valence-corrected chi connectivity index (χ4v) is 4.89. The van der Waals surface area contributed by atoms with Crippen molar-refractivity contribution < 1.29 is 0 Å². The molecule has 0 saturated carbocycles. The zero-order valence-electron chi connectivity index (χ0n) is 18.4. The summed E-state index contributed by atoms with van der Waals surface area (Å²) in [6.45, 7) is 2.48. The van der Waals surface area contributed by atoms with Gasteiger partial charge in [-0.25, -0.2) is 0 Å². The highest BCUT2D eigenvalue weighted by atomic mass is 32.1. The van der Waals surface area contributed by atoms with Crippen LogP contribution in [0.4, 0.5) is 23.8 Å². The third-order valence-corrected chi connectivity index (χ3v) is 7.06. The van der Waals surface area contributed by atoms with Gasteiger partial charge < -0.3 is 20.4 Å². The third kappa shape index (κ3) is 5.56. The van der Waals surface area contributed by atoms with Crippen molar-refractivity contribution in [2.45, 2.75) is 19.4 Å². The number of hydrogen-bond donors (Lipinski definition) is 3. The van der Waals surface area contributed by atoms with Crippen LogP contribution >= 0.6 is 22.7 Å². The zero-order valence-corrected chi connectivity index (χ0v) is 20.1. The Morgan fingerprint density at radius 3 is 2.22 bits per heavy atom. The summed E-state index contributed by atoms with van der Waals surface area (Å²) in [5, 5.41) is 20.8. The molecule has 0 aliphatic heterocycles. The molecule has 32 heavy (non-hydrogen) atoms. The Bertz CT molecular complexity index is 1100. The summed E-state index contributed by atoms with van der Waals surface area (Å²) in [6.07, 6.45) is 1.91. The number of rotatable bonds is 11. The highest BCUT2D eigenvalue weighted by molar-refractivity contribution is 7.10. The molecule has 0 atom stereocenters. The minimum Gasteiger partial charge on any atom is -0.368 e. The molecule has 170 valence electrons. The predicted octanol–water partition coefficient (Wildman–Crippen LogP) is 2.62. The Morgan fingerprint density at radius 2 is 1.53 bits per heavy atom. The van der Waals surface area contributed by atoms with Crippen LogP contribution in [0.1, 0.15) is 15.3 Å². The molecular weight excluding hydrogens is 444 g/mol. The maximum atomic E-state index is 5.60. The molecule has 4 aromatic rings. The summed E-state index contributed by atoms with van der Waals surface area (Å²) in [5.74, 6) is 2.56. The van der Waals surface area contributed by atoms with Crippen molar-refractivity contribution in [3.8, 4) is 0 Å². The van der Waals surface area contributed by atoms with Crippen LogP contribution in [0.25, 0.3) is 0 Å². The van der Waals surface area contributed by atoms with Gasteiger partial charge in [0.25, 0.3) is 0 Å². The van der Waals surface area contributed by atoms with Crippen LogP contribution in [-0.2, 0) is 19.4 Å². The number of likely N-dealkylation sites (N-methyl/N-ethyl adjacent to an activating group) is 2. The molecule has 0 aliphatic rings. The lowest BCUT2D eigenvalue weighted by Crippen LogP contribution is -2.22. The Hall–Kier alpha value is -3.12. The van der Waals surface area contributed by atoms with Gasteiger partial charge in [-0.05, 0) is 41.3 Å². The molecule has 0 fully saturated rings. The molecule has 0 saturated heterocycles. The van der Waals surface area contributed by atoms with Gasteiger partial charge in [0.2, 0.25) is 23.8 Å². The summed E-state index contributed by atoms with van der Waals surface area (Å²) >= 11 is 3.54. The SMILES string of the molecule is CN(CCc1csc(CN(C)c2nnc(N(C)CCc3cccs3)[nH]2)c1)c1nnc(N)[nH]1. The third-order valence-electron chi connectivity index (χ3n) is 5.15. The molecule has 4 N–H and O–H groups in total. The van der Waals surface area contributed by atoms with Crippen LogP contribution in [-0.4, -0.2) is 64.6 Å². The van der Waals surface area contributed by atoms with Crippen LogP contribution in [0, 0.1) is 0 Å². The van der Waals surface area contributed by atoms with E-state index in [2.05, 4.69) is 69.1 Å². The van der Waals surface area contributed by atoms with E-state index in [-0.39, 0.29) is 0 Å². The Kier molecular flexibility index (Phi) is 6.90. The highest BCUT2D eigenvalue weighted by Crippen LogP contribution is 2.20. The van der Waals surface area contributed by atoms with Crippen molar-refractivity contribution in [3.63, 3.8) is 0 Å². The first kappa shape index (κ1) is 22.1. The minimum absolute atomic E-state index is 0.331. The van der Waals surface area contributed by atoms with Crippen LogP contribution in [0.2, 0.25) is 0 Å². The summed E-state index contributed by atoms with van der Waals surface area (Å²) in [7, 11) is 6.03. The van der Waals surface area contributed by atoms with Crippen LogP contribution in [0.5, 0.6) is 0 Å². The van der Waals surface area contributed by atoms with Crippen molar-refractivity contribution in [1.82, 2.24) is 30.4 Å². The van der Waals surface area contributed by atoms with Gasteiger partial charge in [-0.2, -0.15) is 0 Å². The van der Waals surface area contributed by atoms with Crippen molar-refractivity contribution in [1.29, 1.82) is 0 Å². The average Bonchev–Trinajstić information content (AvgIpc) is 3.58. The monoisotopic (exact) mass is 472 g/mol. The van der Waals surface area contributed by atoms with Gasteiger partial charge in [0, 0.05) is 44.0 Å². The molecule has 12 heteroatoms. The molecule has 4 heterocycles. The summed E-state index contributed by atoms with van der Waals surface area (Å²) in [6, 6.07) is 6.49. The zero-order chi connectivity index (χ0) is 22.5. The van der Waals surface area contributed by atoms with Gasteiger partial charge in [0.1, 0.15) is 0 Å². The first-order valence-electron chi connectivity index (χ1n) is 10.3. The second kappa shape index (κ2) is 10.0. The smallest absolute Gasteiger partial charge is 0.226 e. The van der Waals surface area contributed by atoms with E-state index < -0.39 is 0 Å². The standard InChI is InChI=1S/C20H28N10S2/c1-28(18-22-17(21)24-25-18)8-6-14-11-16(32-13-14)12-30(3)20-23-19(26-27-20)29(2)9-7-15-5-4-10-31-15/h4-5,10-11,13H,6-9,12H2,1-3H3,(H,23,26,27)(H3,21,22,24,25). The van der Waals surface area contributed by atoms with E-state index in [1.165, 1.54) is 15.3 Å². The lowest BCUT2D eigenvalue weighted by Gasteiger charge is -2.16. The van der Waals surface area contributed by atoms with Crippen molar-refractivity contribution in [3.05, 3.63) is 44.3 Å². The molecule has 10 nitrogen and oxygen atoms in total. The second-order valence-corrected chi connectivity index (χ2v) is 9.73. The number of H-pyrrole nitrogens is 2. The van der Waals surface area contributed by atoms with Gasteiger partial charge in [0.05, 0.1) is 6.54 Å². The lowest BCUT2D eigenvalue weighted by atomic mass is 10.2. The van der Waals surface area contributed by atoms with Crippen molar-refractivity contribution in [2.24, 2.45) is 0 Å². The number of aromatic amines is 2. The van der Waals surface area contributed by atoms with E-state index in [0.717, 1.165) is 44.4 Å². The van der Waals surface area contributed by atoms with E-state index in [9.17, 15) is 0 Å². The topological polar surface area (TPSA) is 119 Å². The fourth-order valence-electron chi connectivity index (χ4n) is 3.22. The number of nitrogens with zero attached hydrogens (tertiary/aromatic N) is 7. The summed E-state index contributed by atoms with van der Waals surface area (Å²) in [5.41, 5.74) is 6.90. The normalized spacial score (nSPS) is 11.1.